The van der Waals surface area contributed by atoms with Gasteiger partial charge in [-0.15, -0.1) is 6.58 Å². The predicted octanol–water partition coefficient (Wildman–Crippen LogP) is 4.38. The highest BCUT2D eigenvalue weighted by atomic mass is 79.9. The summed E-state index contributed by atoms with van der Waals surface area (Å²) in [6, 6.07) is 9.65. The lowest BCUT2D eigenvalue weighted by atomic mass is 10.1. The second-order valence-corrected chi connectivity index (χ2v) is 7.91. The topological polar surface area (TPSA) is 67.9 Å². The highest BCUT2D eigenvalue weighted by molar-refractivity contribution is 9.10. The zero-order valence-corrected chi connectivity index (χ0v) is 19.6. The number of amides is 2. The van der Waals surface area contributed by atoms with Gasteiger partial charge >= 0.3 is 0 Å². The Bertz CT molecular complexity index is 1120. The van der Waals surface area contributed by atoms with Crippen LogP contribution in [-0.4, -0.2) is 35.0 Å². The number of hydrogen-bond acceptors (Lipinski definition) is 5. The molecule has 1 aliphatic rings. The van der Waals surface area contributed by atoms with Crippen LogP contribution in [-0.2, 0) is 16.2 Å². The van der Waals surface area contributed by atoms with Crippen molar-refractivity contribution in [2.24, 2.45) is 0 Å². The average Bonchev–Trinajstić information content (AvgIpc) is 2.75. The summed E-state index contributed by atoms with van der Waals surface area (Å²) in [4.78, 5) is 26.4. The van der Waals surface area contributed by atoms with Gasteiger partial charge in [0.2, 0.25) is 0 Å². The molecule has 166 valence electrons. The summed E-state index contributed by atoms with van der Waals surface area (Å²) in [6.07, 6.45) is 2.97. The van der Waals surface area contributed by atoms with E-state index in [1.165, 1.54) is 23.1 Å². The van der Waals surface area contributed by atoms with E-state index in [9.17, 15) is 14.0 Å². The summed E-state index contributed by atoms with van der Waals surface area (Å²) >= 11 is 8.51. The van der Waals surface area contributed by atoms with Crippen LogP contribution < -0.4 is 14.8 Å². The molecule has 2 aromatic carbocycles. The van der Waals surface area contributed by atoms with Crippen LogP contribution in [0.15, 0.2) is 59.1 Å². The number of hydrogen-bond donors (Lipinski definition) is 1. The Labute approximate surface area is 198 Å². The quantitative estimate of drug-likeness (QED) is 0.243. The van der Waals surface area contributed by atoms with Crippen LogP contribution in [0.5, 0.6) is 11.5 Å². The second-order valence-electron chi connectivity index (χ2n) is 6.66. The first-order chi connectivity index (χ1) is 15.3. The van der Waals surface area contributed by atoms with Gasteiger partial charge in [-0.1, -0.05) is 24.3 Å². The Hall–Kier alpha value is -3.04. The lowest BCUT2D eigenvalue weighted by Crippen LogP contribution is -2.53. The molecule has 1 saturated heterocycles. The normalized spacial score (nSPS) is 15.0. The Balaban J connectivity index is 1.93. The number of benzene rings is 2. The van der Waals surface area contributed by atoms with Crippen LogP contribution in [0.25, 0.3) is 6.08 Å². The maximum Gasteiger partial charge on any atom is 0.265 e. The Morgan fingerprint density at radius 3 is 2.69 bits per heavy atom. The highest BCUT2D eigenvalue weighted by Gasteiger charge is 2.32. The lowest BCUT2D eigenvalue weighted by molar-refractivity contribution is -0.128. The van der Waals surface area contributed by atoms with E-state index in [4.69, 9.17) is 21.7 Å². The van der Waals surface area contributed by atoms with Crippen molar-refractivity contribution in [3.63, 3.8) is 0 Å². The molecule has 0 atom stereocenters. The van der Waals surface area contributed by atoms with Gasteiger partial charge in [-0.3, -0.25) is 19.8 Å². The summed E-state index contributed by atoms with van der Waals surface area (Å²) in [5, 5.41) is 2.54. The van der Waals surface area contributed by atoms with Crippen LogP contribution in [0.4, 0.5) is 4.39 Å². The van der Waals surface area contributed by atoms with Gasteiger partial charge in [0.15, 0.2) is 16.6 Å². The van der Waals surface area contributed by atoms with Crippen LogP contribution >= 0.6 is 28.1 Å². The van der Waals surface area contributed by atoms with Crippen LogP contribution in [0.1, 0.15) is 18.1 Å². The zero-order valence-electron chi connectivity index (χ0n) is 17.2. The third-order valence-electron chi connectivity index (χ3n) is 4.47. The van der Waals surface area contributed by atoms with Crippen LogP contribution in [0, 0.1) is 5.82 Å². The fourth-order valence-electron chi connectivity index (χ4n) is 3.00. The Morgan fingerprint density at radius 2 is 2.00 bits per heavy atom. The summed E-state index contributed by atoms with van der Waals surface area (Å²) in [6.45, 7) is 5.94. The molecule has 2 aromatic rings. The van der Waals surface area contributed by atoms with Gasteiger partial charge < -0.3 is 9.47 Å². The van der Waals surface area contributed by atoms with Crippen molar-refractivity contribution >= 4 is 51.2 Å². The van der Waals surface area contributed by atoms with E-state index in [0.29, 0.717) is 33.7 Å². The molecule has 0 saturated carbocycles. The van der Waals surface area contributed by atoms with E-state index in [0.717, 1.165) is 0 Å². The SMILES string of the molecule is C=CCN1C(=O)/C(=C/c2cc(Br)c(OCc3ccccc3F)c(OCC)c2)C(=O)NC1=S. The maximum absolute atomic E-state index is 13.9. The molecule has 32 heavy (non-hydrogen) atoms. The van der Waals surface area contributed by atoms with Gasteiger partial charge in [-0.25, -0.2) is 4.39 Å². The highest BCUT2D eigenvalue weighted by Crippen LogP contribution is 2.38. The number of halogens is 2. The van der Waals surface area contributed by atoms with Crippen molar-refractivity contribution in [2.45, 2.75) is 13.5 Å². The molecular formula is C23H20BrFN2O4S. The molecule has 1 fully saturated rings. The molecule has 0 spiro atoms. The molecule has 0 aromatic heterocycles. The first-order valence-corrected chi connectivity index (χ1v) is 10.9. The van der Waals surface area contributed by atoms with Crippen molar-refractivity contribution in [1.29, 1.82) is 0 Å². The Morgan fingerprint density at radius 1 is 1.25 bits per heavy atom. The number of ether oxygens (including phenoxy) is 2. The van der Waals surface area contributed by atoms with E-state index in [1.807, 2.05) is 6.92 Å². The summed E-state index contributed by atoms with van der Waals surface area (Å²) < 4.78 is 26.0. The van der Waals surface area contributed by atoms with Gasteiger partial charge in [0.1, 0.15) is 18.0 Å². The van der Waals surface area contributed by atoms with Crippen molar-refractivity contribution in [3.05, 3.63) is 76.0 Å². The molecule has 0 radical (unpaired) electrons. The summed E-state index contributed by atoms with van der Waals surface area (Å²) in [5.74, 6) is -0.716. The molecule has 3 rings (SSSR count). The molecular weight excluding hydrogens is 499 g/mol. The minimum absolute atomic E-state index is 0.000629. The molecule has 0 aliphatic carbocycles. The zero-order chi connectivity index (χ0) is 23.3. The number of thiocarbonyl (C=S) groups is 1. The van der Waals surface area contributed by atoms with Gasteiger partial charge in [-0.2, -0.15) is 0 Å². The fraction of sp³-hybridized carbons (Fsp3) is 0.174. The van der Waals surface area contributed by atoms with E-state index < -0.39 is 11.8 Å². The standard InChI is InChI=1S/C23H20BrFN2O4S/c1-3-9-27-22(29)16(21(28)26-23(27)32)10-14-11-17(24)20(19(12-14)30-4-2)31-13-15-7-5-6-8-18(15)25/h3,5-8,10-12H,1,4,9,13H2,2H3,(H,26,28,32)/b16-10+. The van der Waals surface area contributed by atoms with Crippen molar-refractivity contribution in [2.75, 3.05) is 13.2 Å². The number of rotatable bonds is 8. The molecule has 9 heteroatoms. The number of nitrogens with zero attached hydrogens (tertiary/aromatic N) is 1. The monoisotopic (exact) mass is 518 g/mol. The number of carbonyl (C=O) groups is 2. The fourth-order valence-corrected chi connectivity index (χ4v) is 3.82. The van der Waals surface area contributed by atoms with Gasteiger partial charge in [-0.05, 0) is 64.9 Å². The van der Waals surface area contributed by atoms with Crippen molar-refractivity contribution in [1.82, 2.24) is 10.2 Å². The van der Waals surface area contributed by atoms with Crippen LogP contribution in [0.2, 0.25) is 0 Å². The third-order valence-corrected chi connectivity index (χ3v) is 5.38. The molecule has 1 N–H and O–H groups in total. The minimum atomic E-state index is -0.589. The molecule has 0 unspecified atom stereocenters. The predicted molar refractivity (Wildman–Crippen MR) is 127 cm³/mol. The van der Waals surface area contributed by atoms with Crippen molar-refractivity contribution in [3.8, 4) is 11.5 Å². The molecule has 2 amide bonds. The van der Waals surface area contributed by atoms with E-state index >= 15 is 0 Å². The second kappa shape index (κ2) is 10.5. The van der Waals surface area contributed by atoms with Gasteiger partial charge in [0.25, 0.3) is 11.8 Å². The first kappa shape index (κ1) is 23.6. The Kier molecular flexibility index (Phi) is 7.76. The minimum Gasteiger partial charge on any atom is -0.490 e. The summed E-state index contributed by atoms with van der Waals surface area (Å²) in [7, 11) is 0. The number of carbonyl (C=O) groups excluding carboxylic acids is 2. The van der Waals surface area contributed by atoms with Gasteiger partial charge in [0, 0.05) is 12.1 Å². The van der Waals surface area contributed by atoms with E-state index in [2.05, 4.69) is 27.8 Å². The smallest absolute Gasteiger partial charge is 0.265 e. The first-order valence-electron chi connectivity index (χ1n) is 9.68. The van der Waals surface area contributed by atoms with Crippen molar-refractivity contribution < 1.29 is 23.5 Å². The van der Waals surface area contributed by atoms with Crippen LogP contribution in [0.3, 0.4) is 0 Å². The lowest BCUT2D eigenvalue weighted by Gasteiger charge is -2.27. The third kappa shape index (κ3) is 5.23. The molecule has 1 aliphatic heterocycles. The molecule has 1 heterocycles. The summed E-state index contributed by atoms with van der Waals surface area (Å²) in [5.41, 5.74) is 0.856. The van der Waals surface area contributed by atoms with Gasteiger partial charge in [0.05, 0.1) is 11.1 Å². The number of nitrogens with one attached hydrogen (secondary N) is 1. The molecule has 6 nitrogen and oxygen atoms in total. The average molecular weight is 519 g/mol. The van der Waals surface area contributed by atoms with E-state index in [-0.39, 0.29) is 29.7 Å². The maximum atomic E-state index is 13.9. The largest absolute Gasteiger partial charge is 0.490 e. The molecule has 0 bridgehead atoms. The van der Waals surface area contributed by atoms with E-state index in [1.54, 1.807) is 30.3 Å².